The van der Waals surface area contributed by atoms with Crippen molar-refractivity contribution in [3.8, 4) is 11.5 Å². The molecule has 0 saturated heterocycles. The van der Waals surface area contributed by atoms with Crippen LogP contribution in [-0.4, -0.2) is 38.4 Å². The van der Waals surface area contributed by atoms with E-state index in [1.54, 1.807) is 18.2 Å². The standard InChI is InChI=1S/C18H14Cl4O6/c19-11-1-4-16(15(22)7-11)28-10-18(24)26-6-5-25-17(23)9-27-12-2-3-13(20)14(21)8-12/h1-4,7-8H,5-6,9-10H2. The first-order valence-corrected chi connectivity index (χ1v) is 9.33. The third-order valence-corrected chi connectivity index (χ3v) is 4.37. The van der Waals surface area contributed by atoms with Gasteiger partial charge >= 0.3 is 11.9 Å². The predicted molar refractivity (Wildman–Crippen MR) is 106 cm³/mol. The molecule has 0 N–H and O–H groups in total. The highest BCUT2D eigenvalue weighted by Gasteiger charge is 2.09. The van der Waals surface area contributed by atoms with E-state index in [2.05, 4.69) is 0 Å². The van der Waals surface area contributed by atoms with Gasteiger partial charge in [0.25, 0.3) is 0 Å². The van der Waals surface area contributed by atoms with E-state index in [0.717, 1.165) is 0 Å². The SMILES string of the molecule is O=C(COc1ccc(Cl)c(Cl)c1)OCCOC(=O)COc1ccc(Cl)cc1Cl. The molecule has 0 amide bonds. The average molecular weight is 468 g/mol. The summed E-state index contributed by atoms with van der Waals surface area (Å²) in [5, 5.41) is 1.41. The summed E-state index contributed by atoms with van der Waals surface area (Å²) in [6.45, 7) is -0.939. The minimum Gasteiger partial charge on any atom is -0.482 e. The van der Waals surface area contributed by atoms with Gasteiger partial charge in [-0.2, -0.15) is 0 Å². The van der Waals surface area contributed by atoms with Crippen molar-refractivity contribution < 1.29 is 28.5 Å². The quantitative estimate of drug-likeness (QED) is 0.388. The van der Waals surface area contributed by atoms with Crippen LogP contribution in [-0.2, 0) is 19.1 Å². The van der Waals surface area contributed by atoms with Crippen LogP contribution >= 0.6 is 46.4 Å². The molecule has 0 atom stereocenters. The van der Waals surface area contributed by atoms with Crippen molar-refractivity contribution >= 4 is 58.3 Å². The first-order chi connectivity index (χ1) is 13.3. The van der Waals surface area contributed by atoms with Crippen LogP contribution in [0.15, 0.2) is 36.4 Å². The summed E-state index contributed by atoms with van der Waals surface area (Å²) in [4.78, 5) is 23.2. The smallest absolute Gasteiger partial charge is 0.344 e. The fraction of sp³-hybridized carbons (Fsp3) is 0.222. The van der Waals surface area contributed by atoms with Crippen molar-refractivity contribution in [1.29, 1.82) is 0 Å². The van der Waals surface area contributed by atoms with E-state index < -0.39 is 11.9 Å². The Morgan fingerprint density at radius 3 is 1.96 bits per heavy atom. The maximum atomic E-state index is 11.6. The molecule has 28 heavy (non-hydrogen) atoms. The molecular formula is C18H14Cl4O6. The number of hydrogen-bond acceptors (Lipinski definition) is 6. The van der Waals surface area contributed by atoms with Crippen LogP contribution < -0.4 is 9.47 Å². The van der Waals surface area contributed by atoms with Crippen molar-refractivity contribution in [1.82, 2.24) is 0 Å². The molecule has 0 heterocycles. The van der Waals surface area contributed by atoms with Crippen LogP contribution in [0.2, 0.25) is 20.1 Å². The van der Waals surface area contributed by atoms with E-state index in [1.807, 2.05) is 0 Å². The zero-order valence-corrected chi connectivity index (χ0v) is 17.3. The summed E-state index contributed by atoms with van der Waals surface area (Å²) >= 11 is 23.3. The number of rotatable bonds is 9. The minimum atomic E-state index is -0.644. The number of carbonyl (C=O) groups excluding carboxylic acids is 2. The van der Waals surface area contributed by atoms with Gasteiger partial charge in [-0.05, 0) is 30.3 Å². The number of halogens is 4. The maximum absolute atomic E-state index is 11.6. The molecule has 150 valence electrons. The second-order valence-electron chi connectivity index (χ2n) is 5.17. The molecule has 0 bridgehead atoms. The molecule has 0 aliphatic rings. The number of carbonyl (C=O) groups is 2. The molecule has 0 aliphatic heterocycles. The van der Waals surface area contributed by atoms with E-state index in [1.165, 1.54) is 18.2 Å². The number of hydrogen-bond donors (Lipinski definition) is 0. The third kappa shape index (κ3) is 7.64. The van der Waals surface area contributed by atoms with Gasteiger partial charge in [0.2, 0.25) is 0 Å². The molecule has 0 saturated carbocycles. The number of benzene rings is 2. The Labute approximate surface area is 181 Å². The first kappa shape index (κ1) is 22.4. The van der Waals surface area contributed by atoms with Crippen molar-refractivity contribution in [3.63, 3.8) is 0 Å². The second-order valence-corrected chi connectivity index (χ2v) is 6.83. The molecule has 0 fully saturated rings. The van der Waals surface area contributed by atoms with E-state index in [0.29, 0.717) is 26.6 Å². The highest BCUT2D eigenvalue weighted by Crippen LogP contribution is 2.27. The van der Waals surface area contributed by atoms with Crippen molar-refractivity contribution in [2.45, 2.75) is 0 Å². The van der Waals surface area contributed by atoms with Crippen molar-refractivity contribution in [2.24, 2.45) is 0 Å². The predicted octanol–water partition coefficient (Wildman–Crippen LogP) is 4.84. The van der Waals surface area contributed by atoms with Crippen molar-refractivity contribution in [3.05, 3.63) is 56.5 Å². The Morgan fingerprint density at radius 1 is 0.714 bits per heavy atom. The summed E-state index contributed by atoms with van der Waals surface area (Å²) in [7, 11) is 0. The maximum Gasteiger partial charge on any atom is 0.344 e. The third-order valence-electron chi connectivity index (χ3n) is 3.10. The first-order valence-electron chi connectivity index (χ1n) is 7.82. The van der Waals surface area contributed by atoms with Crippen LogP contribution in [0.25, 0.3) is 0 Å². The summed E-state index contributed by atoms with van der Waals surface area (Å²) in [6.07, 6.45) is 0. The molecule has 2 aromatic carbocycles. The second kappa shape index (κ2) is 11.2. The zero-order valence-electron chi connectivity index (χ0n) is 14.3. The fourth-order valence-electron chi connectivity index (χ4n) is 1.83. The van der Waals surface area contributed by atoms with Gasteiger partial charge in [0.15, 0.2) is 13.2 Å². The van der Waals surface area contributed by atoms with Gasteiger partial charge in [-0.1, -0.05) is 46.4 Å². The molecule has 0 aromatic heterocycles. The summed E-state index contributed by atoms with van der Waals surface area (Å²) < 4.78 is 20.2. The topological polar surface area (TPSA) is 71.1 Å². The molecular weight excluding hydrogens is 454 g/mol. The summed E-state index contributed by atoms with van der Waals surface area (Å²) in [6, 6.07) is 9.19. The van der Waals surface area contributed by atoms with Gasteiger partial charge in [0.05, 0.1) is 15.1 Å². The van der Waals surface area contributed by atoms with E-state index >= 15 is 0 Å². The van der Waals surface area contributed by atoms with Gasteiger partial charge in [-0.3, -0.25) is 0 Å². The number of ether oxygens (including phenoxy) is 4. The summed E-state index contributed by atoms with van der Waals surface area (Å²) in [5.74, 6) is -0.606. The lowest BCUT2D eigenvalue weighted by molar-refractivity contribution is -0.154. The monoisotopic (exact) mass is 466 g/mol. The molecule has 6 nitrogen and oxygen atoms in total. The Bertz CT molecular complexity index is 843. The van der Waals surface area contributed by atoms with E-state index in [4.69, 9.17) is 65.4 Å². The Kier molecular flexibility index (Phi) is 8.99. The van der Waals surface area contributed by atoms with E-state index in [-0.39, 0.29) is 31.5 Å². The minimum absolute atomic E-state index is 0.128. The van der Waals surface area contributed by atoms with Gasteiger partial charge in [0, 0.05) is 11.1 Å². The molecule has 0 spiro atoms. The molecule has 0 radical (unpaired) electrons. The van der Waals surface area contributed by atoms with Gasteiger partial charge < -0.3 is 18.9 Å². The highest BCUT2D eigenvalue weighted by molar-refractivity contribution is 6.42. The van der Waals surface area contributed by atoms with Crippen LogP contribution in [0.5, 0.6) is 11.5 Å². The Hall–Kier alpha value is -1.86. The Morgan fingerprint density at radius 2 is 1.36 bits per heavy atom. The normalized spacial score (nSPS) is 10.3. The van der Waals surface area contributed by atoms with Crippen LogP contribution in [0.4, 0.5) is 0 Å². The van der Waals surface area contributed by atoms with Gasteiger partial charge in [-0.15, -0.1) is 0 Å². The molecule has 0 unspecified atom stereocenters. The summed E-state index contributed by atoms with van der Waals surface area (Å²) in [5.41, 5.74) is 0. The fourth-order valence-corrected chi connectivity index (χ4v) is 2.58. The molecule has 0 aliphatic carbocycles. The molecule has 2 rings (SSSR count). The lowest BCUT2D eigenvalue weighted by atomic mass is 10.3. The lowest BCUT2D eigenvalue weighted by Crippen LogP contribution is -2.21. The average Bonchev–Trinajstić information content (AvgIpc) is 2.65. The molecule has 2 aromatic rings. The molecule has 10 heteroatoms. The number of esters is 2. The van der Waals surface area contributed by atoms with Crippen molar-refractivity contribution in [2.75, 3.05) is 26.4 Å². The van der Waals surface area contributed by atoms with Crippen LogP contribution in [0.1, 0.15) is 0 Å². The Balaban J connectivity index is 1.60. The van der Waals surface area contributed by atoms with Crippen LogP contribution in [0.3, 0.4) is 0 Å². The lowest BCUT2D eigenvalue weighted by Gasteiger charge is -2.09. The van der Waals surface area contributed by atoms with Gasteiger partial charge in [0.1, 0.15) is 24.7 Å². The highest BCUT2D eigenvalue weighted by atomic mass is 35.5. The van der Waals surface area contributed by atoms with Crippen LogP contribution in [0, 0.1) is 0 Å². The largest absolute Gasteiger partial charge is 0.482 e. The van der Waals surface area contributed by atoms with Gasteiger partial charge in [-0.25, -0.2) is 9.59 Å². The van der Waals surface area contributed by atoms with E-state index in [9.17, 15) is 9.59 Å². The zero-order chi connectivity index (χ0) is 20.5.